The first-order chi connectivity index (χ1) is 13.7. The highest BCUT2D eigenvalue weighted by molar-refractivity contribution is 6.30. The van der Waals surface area contributed by atoms with Gasteiger partial charge in [-0.15, -0.1) is 5.10 Å². The molecule has 0 fully saturated rings. The average Bonchev–Trinajstić information content (AvgIpc) is 2.97. The number of rotatable bonds is 5. The van der Waals surface area contributed by atoms with Crippen LogP contribution in [-0.2, 0) is 11.3 Å². The topological polar surface area (TPSA) is 81.8 Å². The van der Waals surface area contributed by atoms with E-state index in [0.717, 1.165) is 5.56 Å². The van der Waals surface area contributed by atoms with E-state index < -0.39 is 11.2 Å². The summed E-state index contributed by atoms with van der Waals surface area (Å²) < 4.78 is 2.49. The summed E-state index contributed by atoms with van der Waals surface area (Å²) in [5, 5.41) is 7.80. The second-order valence-electron chi connectivity index (χ2n) is 7.57. The predicted octanol–water partition coefficient (Wildman–Crippen LogP) is 3.31. The van der Waals surface area contributed by atoms with Crippen molar-refractivity contribution >= 4 is 23.6 Å². The van der Waals surface area contributed by atoms with Crippen molar-refractivity contribution in [3.63, 3.8) is 0 Å². The van der Waals surface area contributed by atoms with E-state index >= 15 is 0 Å². The summed E-state index contributed by atoms with van der Waals surface area (Å²) in [7, 11) is 0. The van der Waals surface area contributed by atoms with Crippen LogP contribution in [0, 0.1) is 0 Å². The third-order valence-electron chi connectivity index (χ3n) is 3.98. The maximum atomic E-state index is 13.1. The summed E-state index contributed by atoms with van der Waals surface area (Å²) in [5.41, 5.74) is 0.554. The van der Waals surface area contributed by atoms with E-state index in [2.05, 4.69) is 22.0 Å². The zero-order chi connectivity index (χ0) is 21.2. The number of nitrogens with zero attached hydrogens (tertiary/aromatic N) is 4. The number of halogens is 1. The minimum atomic E-state index is -0.470. The van der Waals surface area contributed by atoms with Gasteiger partial charge in [0.05, 0.1) is 0 Å². The zero-order valence-corrected chi connectivity index (χ0v) is 17.3. The van der Waals surface area contributed by atoms with Gasteiger partial charge in [-0.1, -0.05) is 36.4 Å². The fourth-order valence-electron chi connectivity index (χ4n) is 2.77. The molecule has 0 unspecified atom stereocenters. The molecule has 0 aliphatic rings. The molecule has 3 aromatic rings. The highest BCUT2D eigenvalue weighted by atomic mass is 35.5. The lowest BCUT2D eigenvalue weighted by Crippen LogP contribution is -2.43. The van der Waals surface area contributed by atoms with Crippen LogP contribution in [0.2, 0.25) is 5.02 Å². The van der Waals surface area contributed by atoms with Crippen molar-refractivity contribution < 1.29 is 4.79 Å². The van der Waals surface area contributed by atoms with Crippen LogP contribution in [0.5, 0.6) is 0 Å². The van der Waals surface area contributed by atoms with Crippen LogP contribution in [0.25, 0.3) is 23.3 Å². The van der Waals surface area contributed by atoms with Crippen LogP contribution in [-0.4, -0.2) is 30.8 Å². The van der Waals surface area contributed by atoms with Crippen LogP contribution in [0.4, 0.5) is 0 Å². The van der Waals surface area contributed by atoms with Crippen LogP contribution in [0.3, 0.4) is 0 Å². The van der Waals surface area contributed by atoms with Gasteiger partial charge in [-0.05, 0) is 50.6 Å². The second-order valence-corrected chi connectivity index (χ2v) is 8.00. The summed E-state index contributed by atoms with van der Waals surface area (Å²) in [5.74, 6) is 0.382. The molecule has 0 atom stereocenters. The van der Waals surface area contributed by atoms with Gasteiger partial charge >= 0.3 is 5.69 Å². The van der Waals surface area contributed by atoms with E-state index in [1.54, 1.807) is 48.7 Å². The number of amides is 1. The highest BCUT2D eigenvalue weighted by Gasteiger charge is 2.21. The molecule has 0 aliphatic carbocycles. The third kappa shape index (κ3) is 4.81. The third-order valence-corrected chi connectivity index (χ3v) is 4.22. The van der Waals surface area contributed by atoms with Gasteiger partial charge in [0.25, 0.3) is 0 Å². The number of carbonyl (C=O) groups is 1. The average molecular weight is 412 g/mol. The van der Waals surface area contributed by atoms with Gasteiger partial charge in [-0.25, -0.2) is 9.78 Å². The molecule has 0 saturated carbocycles. The molecule has 0 saturated heterocycles. The Bertz CT molecular complexity index is 1110. The molecule has 1 amide bonds. The Labute approximate surface area is 173 Å². The van der Waals surface area contributed by atoms with E-state index in [-0.39, 0.29) is 12.5 Å². The summed E-state index contributed by atoms with van der Waals surface area (Å²) in [6, 6.07) is 10.4. The van der Waals surface area contributed by atoms with Gasteiger partial charge in [0.2, 0.25) is 5.91 Å². The molecule has 0 aliphatic heterocycles. The van der Waals surface area contributed by atoms with E-state index in [1.165, 1.54) is 9.25 Å². The van der Waals surface area contributed by atoms with Crippen molar-refractivity contribution in [1.82, 2.24) is 24.6 Å². The number of benzene rings is 1. The second kappa shape index (κ2) is 8.05. The molecular weight excluding hydrogens is 390 g/mol. The maximum absolute atomic E-state index is 13.1. The molecule has 2 heterocycles. The molecule has 0 bridgehead atoms. The molecule has 0 spiro atoms. The van der Waals surface area contributed by atoms with Crippen LogP contribution < -0.4 is 11.0 Å². The van der Waals surface area contributed by atoms with Crippen LogP contribution in [0.15, 0.2) is 54.0 Å². The Morgan fingerprint density at radius 3 is 2.62 bits per heavy atom. The molecule has 2 aromatic heterocycles. The normalized spacial score (nSPS) is 11.3. The lowest BCUT2D eigenvalue weighted by molar-refractivity contribution is -0.123. The van der Waals surface area contributed by atoms with Crippen molar-refractivity contribution in [3.05, 3.63) is 70.2 Å². The summed E-state index contributed by atoms with van der Waals surface area (Å²) >= 11 is 6.11. The maximum Gasteiger partial charge on any atom is 0.352 e. The lowest BCUT2D eigenvalue weighted by atomic mass is 10.1. The van der Waals surface area contributed by atoms with Gasteiger partial charge in [0.1, 0.15) is 6.54 Å². The molecule has 8 heteroatoms. The first-order valence-corrected chi connectivity index (χ1v) is 9.41. The summed E-state index contributed by atoms with van der Waals surface area (Å²) in [4.78, 5) is 29.9. The van der Waals surface area contributed by atoms with E-state index in [4.69, 9.17) is 11.6 Å². The fraction of sp³-hybridized carbons (Fsp3) is 0.238. The number of pyridine rings is 1. The summed E-state index contributed by atoms with van der Waals surface area (Å²) in [6.45, 7) is 9.14. The highest BCUT2D eigenvalue weighted by Crippen LogP contribution is 2.21. The predicted molar refractivity (Wildman–Crippen MR) is 114 cm³/mol. The van der Waals surface area contributed by atoms with Crippen molar-refractivity contribution in [3.8, 4) is 17.2 Å². The van der Waals surface area contributed by atoms with Crippen LogP contribution >= 0.6 is 11.6 Å². The molecular formula is C21H22ClN5O2. The van der Waals surface area contributed by atoms with Gasteiger partial charge in [-0.2, -0.15) is 4.68 Å². The van der Waals surface area contributed by atoms with Gasteiger partial charge in [0, 0.05) is 22.3 Å². The van der Waals surface area contributed by atoms with Crippen molar-refractivity contribution in [1.29, 1.82) is 0 Å². The van der Waals surface area contributed by atoms with Gasteiger partial charge in [0.15, 0.2) is 11.6 Å². The fourth-order valence-corrected chi connectivity index (χ4v) is 2.96. The molecule has 3 rings (SSSR count). The Morgan fingerprint density at radius 2 is 2.03 bits per heavy atom. The quantitative estimate of drug-likeness (QED) is 0.698. The molecule has 150 valence electrons. The number of hydrogen-bond donors (Lipinski definition) is 1. The Hall–Kier alpha value is -3.19. The van der Waals surface area contributed by atoms with Gasteiger partial charge < -0.3 is 5.32 Å². The molecule has 29 heavy (non-hydrogen) atoms. The van der Waals surface area contributed by atoms with Gasteiger partial charge in [-0.3, -0.25) is 9.36 Å². The van der Waals surface area contributed by atoms with Crippen molar-refractivity contribution in [2.45, 2.75) is 32.9 Å². The molecule has 7 nitrogen and oxygen atoms in total. The van der Waals surface area contributed by atoms with Crippen molar-refractivity contribution in [2.75, 3.05) is 0 Å². The Kier molecular flexibility index (Phi) is 5.70. The smallest absolute Gasteiger partial charge is 0.350 e. The van der Waals surface area contributed by atoms with Crippen LogP contribution in [0.1, 0.15) is 26.3 Å². The van der Waals surface area contributed by atoms with E-state index in [0.29, 0.717) is 22.2 Å². The Morgan fingerprint density at radius 1 is 1.28 bits per heavy atom. The SMILES string of the molecule is C=Cc1ccc(-n2nc(-c3cccc(Cl)c3)n(CC(=O)NC(C)(C)C)c2=O)nc1. The lowest BCUT2D eigenvalue weighted by Gasteiger charge is -2.20. The standard InChI is InChI=1S/C21H22ClN5O2/c1-5-14-9-10-17(23-12-14)27-20(29)26(13-18(28)24-21(2,3)4)19(25-27)15-7-6-8-16(22)11-15/h5-12H,1,13H2,2-4H3,(H,24,28). The monoisotopic (exact) mass is 411 g/mol. The Balaban J connectivity index is 2.11. The number of carbonyl (C=O) groups excluding carboxylic acids is 1. The van der Waals surface area contributed by atoms with E-state index in [9.17, 15) is 9.59 Å². The molecule has 0 radical (unpaired) electrons. The molecule has 1 N–H and O–H groups in total. The number of hydrogen-bond acceptors (Lipinski definition) is 4. The summed E-state index contributed by atoms with van der Waals surface area (Å²) in [6.07, 6.45) is 3.26. The first-order valence-electron chi connectivity index (χ1n) is 9.03. The minimum absolute atomic E-state index is 0.178. The van der Waals surface area contributed by atoms with Crippen molar-refractivity contribution in [2.24, 2.45) is 0 Å². The van der Waals surface area contributed by atoms with E-state index in [1.807, 2.05) is 20.8 Å². The first kappa shape index (κ1) is 20.5. The molecule has 1 aromatic carbocycles. The zero-order valence-electron chi connectivity index (χ0n) is 16.5. The largest absolute Gasteiger partial charge is 0.352 e. The number of aromatic nitrogens is 4. The minimum Gasteiger partial charge on any atom is -0.350 e. The number of nitrogens with one attached hydrogen (secondary N) is 1.